The van der Waals surface area contributed by atoms with Crippen LogP contribution in [0.1, 0.15) is 42.3 Å². The van der Waals surface area contributed by atoms with Gasteiger partial charge in [-0.3, -0.25) is 9.59 Å². The van der Waals surface area contributed by atoms with Crippen LogP contribution in [0.15, 0.2) is 77.7 Å². The van der Waals surface area contributed by atoms with Crippen LogP contribution in [0.2, 0.25) is 0 Å². The molecule has 0 saturated heterocycles. The average Bonchev–Trinajstić information content (AvgIpc) is 2.78. The molecule has 0 aromatic heterocycles. The molecule has 0 aliphatic rings. The van der Waals surface area contributed by atoms with E-state index in [1.165, 1.54) is 36.4 Å². The lowest BCUT2D eigenvalue weighted by molar-refractivity contribution is -0.118. The van der Waals surface area contributed by atoms with E-state index in [0.717, 1.165) is 5.56 Å². The van der Waals surface area contributed by atoms with Crippen molar-refractivity contribution in [2.45, 2.75) is 50.6 Å². The number of carbonyl (C=O) groups is 2. The first-order valence-electron chi connectivity index (χ1n) is 11.4. The topological polar surface area (TPSA) is 104 Å². The lowest BCUT2D eigenvalue weighted by atomic mass is 10.0. The summed E-state index contributed by atoms with van der Waals surface area (Å²) in [5.74, 6) is -1.46. The number of carbonyl (C=O) groups excluding carboxylic acids is 2. The summed E-state index contributed by atoms with van der Waals surface area (Å²) in [6.45, 7) is 6.90. The monoisotopic (exact) mass is 511 g/mol. The maximum atomic E-state index is 13.2. The molecule has 0 aliphatic carbocycles. The van der Waals surface area contributed by atoms with Gasteiger partial charge in [-0.05, 0) is 81.3 Å². The minimum absolute atomic E-state index is 0.112. The van der Waals surface area contributed by atoms with Crippen molar-refractivity contribution in [1.29, 1.82) is 0 Å². The second-order valence-corrected chi connectivity index (χ2v) is 11.2. The number of rotatable bonds is 8. The fourth-order valence-electron chi connectivity index (χ4n) is 3.62. The smallest absolute Gasteiger partial charge is 0.251 e. The van der Waals surface area contributed by atoms with Gasteiger partial charge in [0.05, 0.1) is 4.90 Å². The van der Waals surface area contributed by atoms with Crippen LogP contribution in [0.4, 0.5) is 10.1 Å². The number of sulfonamides is 1. The first kappa shape index (κ1) is 27.0. The minimum Gasteiger partial charge on any atom is -0.340 e. The van der Waals surface area contributed by atoms with Crippen molar-refractivity contribution in [2.75, 3.05) is 5.32 Å². The van der Waals surface area contributed by atoms with Crippen LogP contribution in [0, 0.1) is 12.7 Å². The molecular formula is C27H30FN3O4S. The van der Waals surface area contributed by atoms with Crippen LogP contribution >= 0.6 is 0 Å². The Bertz CT molecular complexity index is 1340. The first-order chi connectivity index (χ1) is 16.8. The lowest BCUT2D eigenvalue weighted by Crippen LogP contribution is -2.45. The van der Waals surface area contributed by atoms with Gasteiger partial charge in [0, 0.05) is 23.2 Å². The highest BCUT2D eigenvalue weighted by atomic mass is 32.2. The molecule has 0 fully saturated rings. The van der Waals surface area contributed by atoms with Gasteiger partial charge in [-0.25, -0.2) is 17.5 Å². The second kappa shape index (κ2) is 11.0. The summed E-state index contributed by atoms with van der Waals surface area (Å²) in [6.07, 6.45) is 0.223. The predicted octanol–water partition coefficient (Wildman–Crippen LogP) is 4.19. The van der Waals surface area contributed by atoms with E-state index in [4.69, 9.17) is 0 Å². The number of benzene rings is 3. The van der Waals surface area contributed by atoms with E-state index in [1.807, 2.05) is 30.3 Å². The number of hydrogen-bond donors (Lipinski definition) is 3. The zero-order chi connectivity index (χ0) is 26.5. The van der Waals surface area contributed by atoms with Gasteiger partial charge in [-0.1, -0.05) is 30.3 Å². The van der Waals surface area contributed by atoms with Crippen molar-refractivity contribution >= 4 is 27.5 Å². The zero-order valence-electron chi connectivity index (χ0n) is 20.6. The molecule has 3 N–H and O–H groups in total. The van der Waals surface area contributed by atoms with Crippen LogP contribution in [-0.4, -0.2) is 31.8 Å². The van der Waals surface area contributed by atoms with Crippen molar-refractivity contribution in [3.05, 3.63) is 95.3 Å². The van der Waals surface area contributed by atoms with Gasteiger partial charge in [-0.2, -0.15) is 0 Å². The molecule has 0 spiro atoms. The number of nitrogens with one attached hydrogen (secondary N) is 3. The Morgan fingerprint density at radius 3 is 2.17 bits per heavy atom. The van der Waals surface area contributed by atoms with E-state index in [-0.39, 0.29) is 16.9 Å². The molecule has 2 amide bonds. The normalized spacial score (nSPS) is 12.6. The Kier molecular flexibility index (Phi) is 8.27. The van der Waals surface area contributed by atoms with Crippen LogP contribution in [0.25, 0.3) is 0 Å². The van der Waals surface area contributed by atoms with Crippen molar-refractivity contribution in [3.63, 3.8) is 0 Å². The molecule has 0 bridgehead atoms. The second-order valence-electron chi connectivity index (χ2n) is 9.55. The minimum atomic E-state index is -3.75. The molecule has 0 aliphatic heterocycles. The fourth-order valence-corrected chi connectivity index (χ4v) is 5.26. The Balaban J connectivity index is 1.81. The van der Waals surface area contributed by atoms with Gasteiger partial charge in [0.25, 0.3) is 5.91 Å². The average molecular weight is 512 g/mol. The number of hydrogen-bond acceptors (Lipinski definition) is 4. The first-order valence-corrected chi connectivity index (χ1v) is 12.9. The third kappa shape index (κ3) is 7.47. The SMILES string of the molecule is Cc1cc(NC(=O)C(Cc2ccccc2)NC(=O)c2ccc(F)cc2)ccc1S(=O)(=O)NC(C)(C)C. The van der Waals surface area contributed by atoms with Crippen LogP contribution < -0.4 is 15.4 Å². The summed E-state index contributed by atoms with van der Waals surface area (Å²) in [5.41, 5.74) is 1.26. The van der Waals surface area contributed by atoms with Crippen molar-refractivity contribution < 1.29 is 22.4 Å². The summed E-state index contributed by atoms with van der Waals surface area (Å²) in [4.78, 5) is 26.1. The van der Waals surface area contributed by atoms with Crippen molar-refractivity contribution in [3.8, 4) is 0 Å². The van der Waals surface area contributed by atoms with E-state index in [2.05, 4.69) is 15.4 Å². The van der Waals surface area contributed by atoms with Gasteiger partial charge >= 0.3 is 0 Å². The molecule has 3 aromatic rings. The van der Waals surface area contributed by atoms with Crippen LogP contribution in [0.3, 0.4) is 0 Å². The third-order valence-corrected chi connectivity index (χ3v) is 7.10. The molecule has 1 atom stereocenters. The molecule has 36 heavy (non-hydrogen) atoms. The number of anilines is 1. The highest BCUT2D eigenvalue weighted by Crippen LogP contribution is 2.21. The van der Waals surface area contributed by atoms with Crippen LogP contribution in [-0.2, 0) is 21.2 Å². The van der Waals surface area contributed by atoms with E-state index in [1.54, 1.807) is 33.8 Å². The maximum absolute atomic E-state index is 13.2. The zero-order valence-corrected chi connectivity index (χ0v) is 21.4. The molecule has 3 rings (SSSR count). The Morgan fingerprint density at radius 2 is 1.58 bits per heavy atom. The maximum Gasteiger partial charge on any atom is 0.251 e. The number of halogens is 1. The Hall–Kier alpha value is -3.56. The molecule has 0 radical (unpaired) electrons. The molecule has 1 unspecified atom stereocenters. The molecule has 7 nitrogen and oxygen atoms in total. The van der Waals surface area contributed by atoms with Gasteiger partial charge in [0.15, 0.2) is 0 Å². The Morgan fingerprint density at radius 1 is 0.944 bits per heavy atom. The highest BCUT2D eigenvalue weighted by Gasteiger charge is 2.25. The molecule has 0 saturated carbocycles. The summed E-state index contributed by atoms with van der Waals surface area (Å²) < 4.78 is 41.3. The third-order valence-electron chi connectivity index (χ3n) is 5.18. The summed E-state index contributed by atoms with van der Waals surface area (Å²) in [6, 6.07) is 17.8. The molecule has 190 valence electrons. The van der Waals surface area contributed by atoms with E-state index in [9.17, 15) is 22.4 Å². The van der Waals surface area contributed by atoms with Gasteiger partial charge < -0.3 is 10.6 Å². The summed E-state index contributed by atoms with van der Waals surface area (Å²) in [5, 5.41) is 5.49. The molecule has 9 heteroatoms. The van der Waals surface area contributed by atoms with Gasteiger partial charge in [0.2, 0.25) is 15.9 Å². The van der Waals surface area contributed by atoms with Gasteiger partial charge in [0.1, 0.15) is 11.9 Å². The van der Waals surface area contributed by atoms with Crippen molar-refractivity contribution in [2.24, 2.45) is 0 Å². The van der Waals surface area contributed by atoms with E-state index in [0.29, 0.717) is 11.3 Å². The quantitative estimate of drug-likeness (QED) is 0.422. The molecular weight excluding hydrogens is 481 g/mol. The number of aryl methyl sites for hydroxylation is 1. The molecule has 0 heterocycles. The summed E-state index contributed by atoms with van der Waals surface area (Å²) in [7, 11) is -3.75. The van der Waals surface area contributed by atoms with Gasteiger partial charge in [-0.15, -0.1) is 0 Å². The van der Waals surface area contributed by atoms with E-state index >= 15 is 0 Å². The Labute approximate surface area is 211 Å². The highest BCUT2D eigenvalue weighted by molar-refractivity contribution is 7.89. The van der Waals surface area contributed by atoms with Crippen LogP contribution in [0.5, 0.6) is 0 Å². The fraction of sp³-hybridized carbons (Fsp3) is 0.259. The predicted molar refractivity (Wildman–Crippen MR) is 138 cm³/mol. The lowest BCUT2D eigenvalue weighted by Gasteiger charge is -2.22. The van der Waals surface area contributed by atoms with Crippen molar-refractivity contribution in [1.82, 2.24) is 10.0 Å². The van der Waals surface area contributed by atoms with E-state index < -0.39 is 39.2 Å². The largest absolute Gasteiger partial charge is 0.340 e. The summed E-state index contributed by atoms with van der Waals surface area (Å²) >= 11 is 0. The molecule has 3 aromatic carbocycles. The standard InChI is InChI=1S/C27H30FN3O4S/c1-18-16-22(14-15-24(18)36(34,35)31-27(2,3)4)29-26(33)23(17-19-8-6-5-7-9-19)30-25(32)20-10-12-21(28)13-11-20/h5-16,23,31H,17H2,1-4H3,(H,29,33)(H,30,32). The number of amides is 2.